The molecule has 1 unspecified atom stereocenters. The SMILES string of the molecule is CCOC(=O)C(C)Sc1nc(COc2ccccc2)cc(=O)[nH]1. The fourth-order valence-corrected chi connectivity index (χ4v) is 2.59. The second kappa shape index (κ2) is 8.38. The maximum atomic E-state index is 11.7. The fourth-order valence-electron chi connectivity index (χ4n) is 1.76. The molecule has 122 valence electrons. The van der Waals surface area contributed by atoms with Gasteiger partial charge in [-0.3, -0.25) is 9.59 Å². The van der Waals surface area contributed by atoms with Gasteiger partial charge in [-0.2, -0.15) is 0 Å². The number of H-pyrrole nitrogens is 1. The van der Waals surface area contributed by atoms with Crippen molar-refractivity contribution < 1.29 is 14.3 Å². The number of nitrogens with one attached hydrogen (secondary N) is 1. The van der Waals surface area contributed by atoms with Crippen molar-refractivity contribution in [2.75, 3.05) is 6.61 Å². The van der Waals surface area contributed by atoms with Gasteiger partial charge in [-0.1, -0.05) is 30.0 Å². The van der Waals surface area contributed by atoms with Gasteiger partial charge < -0.3 is 14.5 Å². The minimum absolute atomic E-state index is 0.176. The molecule has 6 nitrogen and oxygen atoms in total. The van der Waals surface area contributed by atoms with Crippen LogP contribution >= 0.6 is 11.8 Å². The standard InChI is InChI=1S/C16H18N2O4S/c1-3-21-15(20)11(2)23-16-17-12(9-14(19)18-16)10-22-13-7-5-4-6-8-13/h4-9,11H,3,10H2,1-2H3,(H,17,18,19). The molecule has 1 aromatic heterocycles. The van der Waals surface area contributed by atoms with Crippen LogP contribution in [0.25, 0.3) is 0 Å². The molecule has 0 aliphatic carbocycles. The minimum Gasteiger partial charge on any atom is -0.487 e. The van der Waals surface area contributed by atoms with Gasteiger partial charge in [0.15, 0.2) is 5.16 Å². The summed E-state index contributed by atoms with van der Waals surface area (Å²) in [5.41, 5.74) is 0.210. The maximum absolute atomic E-state index is 11.7. The monoisotopic (exact) mass is 334 g/mol. The number of carbonyl (C=O) groups excluding carboxylic acids is 1. The Balaban J connectivity index is 2.03. The molecule has 0 saturated heterocycles. The van der Waals surface area contributed by atoms with Gasteiger partial charge in [0.25, 0.3) is 5.56 Å². The van der Waals surface area contributed by atoms with Crippen molar-refractivity contribution in [3.05, 3.63) is 52.4 Å². The number of ether oxygens (including phenoxy) is 2. The van der Waals surface area contributed by atoms with Gasteiger partial charge in [0, 0.05) is 6.07 Å². The molecule has 0 fully saturated rings. The first-order valence-electron chi connectivity index (χ1n) is 7.20. The third-order valence-electron chi connectivity index (χ3n) is 2.81. The topological polar surface area (TPSA) is 81.3 Å². The Morgan fingerprint density at radius 2 is 2.09 bits per heavy atom. The fraction of sp³-hybridized carbons (Fsp3) is 0.312. The molecule has 0 saturated carbocycles. The Labute approximate surface area is 138 Å². The van der Waals surface area contributed by atoms with Crippen molar-refractivity contribution in [3.63, 3.8) is 0 Å². The highest BCUT2D eigenvalue weighted by molar-refractivity contribution is 8.00. The molecule has 2 rings (SSSR count). The number of para-hydroxylation sites is 1. The van der Waals surface area contributed by atoms with Crippen LogP contribution in [0.3, 0.4) is 0 Å². The molecule has 23 heavy (non-hydrogen) atoms. The first-order valence-corrected chi connectivity index (χ1v) is 8.08. The molecule has 1 atom stereocenters. The summed E-state index contributed by atoms with van der Waals surface area (Å²) in [4.78, 5) is 30.3. The summed E-state index contributed by atoms with van der Waals surface area (Å²) < 4.78 is 10.5. The third-order valence-corrected chi connectivity index (χ3v) is 3.77. The third kappa shape index (κ3) is 5.45. The van der Waals surface area contributed by atoms with Gasteiger partial charge in [0.1, 0.15) is 17.6 Å². The van der Waals surface area contributed by atoms with E-state index in [4.69, 9.17) is 9.47 Å². The first kappa shape index (κ1) is 17.1. The molecule has 2 aromatic rings. The van der Waals surface area contributed by atoms with Gasteiger partial charge in [-0.25, -0.2) is 4.98 Å². The van der Waals surface area contributed by atoms with Crippen molar-refractivity contribution in [1.29, 1.82) is 0 Å². The van der Waals surface area contributed by atoms with Gasteiger partial charge in [-0.15, -0.1) is 0 Å². The second-order valence-electron chi connectivity index (χ2n) is 4.66. The van der Waals surface area contributed by atoms with Gasteiger partial charge in [-0.05, 0) is 26.0 Å². The number of carbonyl (C=O) groups is 1. The van der Waals surface area contributed by atoms with Crippen LogP contribution in [0.1, 0.15) is 19.5 Å². The maximum Gasteiger partial charge on any atom is 0.319 e. The molecule has 0 amide bonds. The highest BCUT2D eigenvalue weighted by atomic mass is 32.2. The average Bonchev–Trinajstić information content (AvgIpc) is 2.53. The normalized spacial score (nSPS) is 11.7. The van der Waals surface area contributed by atoms with E-state index in [0.717, 1.165) is 11.8 Å². The highest BCUT2D eigenvalue weighted by Gasteiger charge is 2.17. The molecule has 7 heteroatoms. The van der Waals surface area contributed by atoms with Crippen LogP contribution in [0.15, 0.2) is 46.3 Å². The van der Waals surface area contributed by atoms with E-state index in [1.807, 2.05) is 30.3 Å². The predicted molar refractivity (Wildman–Crippen MR) is 87.6 cm³/mol. The van der Waals surface area contributed by atoms with E-state index in [1.165, 1.54) is 6.07 Å². The Hall–Kier alpha value is -2.28. The summed E-state index contributed by atoms with van der Waals surface area (Å²) in [6.45, 7) is 3.95. The highest BCUT2D eigenvalue weighted by Crippen LogP contribution is 2.19. The van der Waals surface area contributed by atoms with Crippen molar-refractivity contribution >= 4 is 17.7 Å². The molecule has 1 heterocycles. The Kier molecular flexibility index (Phi) is 6.22. The lowest BCUT2D eigenvalue weighted by Crippen LogP contribution is -2.19. The lowest BCUT2D eigenvalue weighted by molar-refractivity contribution is -0.142. The van der Waals surface area contributed by atoms with Crippen LogP contribution in [0, 0.1) is 0 Å². The second-order valence-corrected chi connectivity index (χ2v) is 5.99. The van der Waals surface area contributed by atoms with Crippen LogP contribution in [-0.4, -0.2) is 27.8 Å². The molecule has 0 radical (unpaired) electrons. The molecule has 0 aliphatic rings. The summed E-state index contributed by atoms with van der Waals surface area (Å²) in [7, 11) is 0. The van der Waals surface area contributed by atoms with E-state index in [2.05, 4.69) is 9.97 Å². The molecule has 0 spiro atoms. The van der Waals surface area contributed by atoms with E-state index in [1.54, 1.807) is 13.8 Å². The lowest BCUT2D eigenvalue weighted by Gasteiger charge is -2.10. The number of hydrogen-bond donors (Lipinski definition) is 1. The van der Waals surface area contributed by atoms with Crippen molar-refractivity contribution in [3.8, 4) is 5.75 Å². The zero-order valence-corrected chi connectivity index (χ0v) is 13.8. The van der Waals surface area contributed by atoms with Crippen LogP contribution in [0.5, 0.6) is 5.75 Å². The van der Waals surface area contributed by atoms with Crippen molar-refractivity contribution in [2.45, 2.75) is 30.9 Å². The van der Waals surface area contributed by atoms with Gasteiger partial charge in [0.05, 0.1) is 12.3 Å². The van der Waals surface area contributed by atoms with Crippen LogP contribution < -0.4 is 10.3 Å². The lowest BCUT2D eigenvalue weighted by atomic mass is 10.3. The summed E-state index contributed by atoms with van der Waals surface area (Å²) in [6, 6.07) is 10.6. The Bertz CT molecular complexity index is 703. The van der Waals surface area contributed by atoms with Crippen LogP contribution in [0.4, 0.5) is 0 Å². The van der Waals surface area contributed by atoms with E-state index in [9.17, 15) is 9.59 Å². The Morgan fingerprint density at radius 1 is 1.35 bits per heavy atom. The summed E-state index contributed by atoms with van der Waals surface area (Å²) in [5.74, 6) is 0.356. The summed E-state index contributed by atoms with van der Waals surface area (Å²) in [5, 5.41) is -0.0897. The number of benzene rings is 1. The van der Waals surface area contributed by atoms with E-state index in [-0.39, 0.29) is 18.1 Å². The quantitative estimate of drug-likeness (QED) is 0.476. The Morgan fingerprint density at radius 3 is 2.78 bits per heavy atom. The van der Waals surface area contributed by atoms with E-state index >= 15 is 0 Å². The molecular formula is C16H18N2O4S. The smallest absolute Gasteiger partial charge is 0.319 e. The van der Waals surface area contributed by atoms with Gasteiger partial charge >= 0.3 is 5.97 Å². The van der Waals surface area contributed by atoms with Crippen molar-refractivity contribution in [2.24, 2.45) is 0 Å². The predicted octanol–water partition coefficient (Wildman–Crippen LogP) is 2.39. The molecule has 1 N–H and O–H groups in total. The minimum atomic E-state index is -0.455. The zero-order chi connectivity index (χ0) is 16.7. The number of hydrogen-bond acceptors (Lipinski definition) is 6. The number of nitrogens with zero attached hydrogens (tertiary/aromatic N) is 1. The number of aromatic nitrogens is 2. The summed E-state index contributed by atoms with van der Waals surface area (Å²) >= 11 is 1.14. The zero-order valence-electron chi connectivity index (χ0n) is 12.9. The molecule has 0 aliphatic heterocycles. The van der Waals surface area contributed by atoms with Crippen molar-refractivity contribution in [1.82, 2.24) is 9.97 Å². The van der Waals surface area contributed by atoms with Crippen LogP contribution in [-0.2, 0) is 16.1 Å². The molecular weight excluding hydrogens is 316 g/mol. The first-order chi connectivity index (χ1) is 11.1. The van der Waals surface area contributed by atoms with E-state index in [0.29, 0.717) is 23.2 Å². The number of thioether (sulfide) groups is 1. The molecule has 0 bridgehead atoms. The number of rotatable bonds is 7. The van der Waals surface area contributed by atoms with Gasteiger partial charge in [0.2, 0.25) is 0 Å². The number of esters is 1. The largest absolute Gasteiger partial charge is 0.487 e. The molecule has 1 aromatic carbocycles. The number of aromatic amines is 1. The van der Waals surface area contributed by atoms with E-state index < -0.39 is 5.25 Å². The van der Waals surface area contributed by atoms with Crippen LogP contribution in [0.2, 0.25) is 0 Å². The average molecular weight is 334 g/mol. The summed E-state index contributed by atoms with van der Waals surface area (Å²) in [6.07, 6.45) is 0.